The number of imidazole rings is 1. The van der Waals surface area contributed by atoms with Crippen molar-refractivity contribution in [3.8, 4) is 0 Å². The molecule has 14 heavy (non-hydrogen) atoms. The van der Waals surface area contributed by atoms with Gasteiger partial charge in [0.25, 0.3) is 0 Å². The molecule has 0 aromatic carbocycles. The molecule has 4 heteroatoms. The predicted octanol–water partition coefficient (Wildman–Crippen LogP) is 1.20. The van der Waals surface area contributed by atoms with E-state index in [2.05, 4.69) is 17.2 Å². The average Bonchev–Trinajstić information content (AvgIpc) is 2.59. The molecular formula is C10H14N4. The first-order valence-corrected chi connectivity index (χ1v) is 4.62. The van der Waals surface area contributed by atoms with E-state index < -0.39 is 0 Å². The number of pyridine rings is 1. The highest BCUT2D eigenvalue weighted by Crippen LogP contribution is 2.15. The molecule has 4 nitrogen and oxygen atoms in total. The number of hydrogen-bond acceptors (Lipinski definition) is 3. The fourth-order valence-electron chi connectivity index (χ4n) is 1.49. The van der Waals surface area contributed by atoms with E-state index in [4.69, 9.17) is 5.73 Å². The van der Waals surface area contributed by atoms with E-state index >= 15 is 0 Å². The van der Waals surface area contributed by atoms with Crippen molar-refractivity contribution in [2.24, 2.45) is 0 Å². The van der Waals surface area contributed by atoms with Gasteiger partial charge < -0.3 is 15.5 Å². The summed E-state index contributed by atoms with van der Waals surface area (Å²) in [5, 5.41) is 3.16. The van der Waals surface area contributed by atoms with Crippen molar-refractivity contribution in [1.29, 1.82) is 0 Å². The summed E-state index contributed by atoms with van der Waals surface area (Å²) in [5.41, 5.74) is 7.48. The van der Waals surface area contributed by atoms with Crippen LogP contribution in [-0.2, 0) is 0 Å². The second-order valence-electron chi connectivity index (χ2n) is 3.38. The highest BCUT2D eigenvalue weighted by molar-refractivity contribution is 5.56. The van der Waals surface area contributed by atoms with Gasteiger partial charge in [-0.05, 0) is 26.1 Å². The van der Waals surface area contributed by atoms with Crippen LogP contribution in [0.15, 0.2) is 24.5 Å². The van der Waals surface area contributed by atoms with Crippen molar-refractivity contribution < 1.29 is 0 Å². The third-order valence-corrected chi connectivity index (χ3v) is 2.40. The van der Waals surface area contributed by atoms with Gasteiger partial charge in [0.15, 0.2) is 0 Å². The highest BCUT2D eigenvalue weighted by Gasteiger charge is 2.09. The van der Waals surface area contributed by atoms with Crippen LogP contribution in [0.3, 0.4) is 0 Å². The van der Waals surface area contributed by atoms with Gasteiger partial charge in [0, 0.05) is 11.9 Å². The third-order valence-electron chi connectivity index (χ3n) is 2.40. The number of anilines is 1. The second kappa shape index (κ2) is 3.31. The summed E-state index contributed by atoms with van der Waals surface area (Å²) in [5.74, 6) is 1.00. The summed E-state index contributed by atoms with van der Waals surface area (Å²) < 4.78 is 2.04. The number of nitrogens with zero attached hydrogens (tertiary/aromatic N) is 2. The van der Waals surface area contributed by atoms with Crippen LogP contribution in [0.1, 0.15) is 18.8 Å². The first kappa shape index (κ1) is 9.02. The van der Waals surface area contributed by atoms with Gasteiger partial charge in [0.2, 0.25) is 0 Å². The Hall–Kier alpha value is -1.55. The highest BCUT2D eigenvalue weighted by atomic mass is 15.1. The molecule has 3 N–H and O–H groups in total. The molecule has 2 heterocycles. The summed E-state index contributed by atoms with van der Waals surface area (Å²) in [6, 6.07) is 4.03. The van der Waals surface area contributed by atoms with Gasteiger partial charge >= 0.3 is 0 Å². The smallest absolute Gasteiger partial charge is 0.130 e. The Bertz CT molecular complexity index is 446. The number of fused-ring (bicyclic) bond motifs is 1. The van der Waals surface area contributed by atoms with Crippen LogP contribution in [0.4, 0.5) is 5.69 Å². The van der Waals surface area contributed by atoms with Crippen LogP contribution in [-0.4, -0.2) is 16.4 Å². The van der Waals surface area contributed by atoms with Crippen molar-refractivity contribution in [3.05, 3.63) is 30.4 Å². The molecule has 0 fully saturated rings. The summed E-state index contributed by atoms with van der Waals surface area (Å²) >= 11 is 0. The Balaban J connectivity index is 2.58. The van der Waals surface area contributed by atoms with Crippen molar-refractivity contribution in [1.82, 2.24) is 14.7 Å². The van der Waals surface area contributed by atoms with Crippen LogP contribution in [0.25, 0.3) is 5.52 Å². The predicted molar refractivity (Wildman–Crippen MR) is 57.1 cm³/mol. The molecular weight excluding hydrogens is 176 g/mol. The lowest BCUT2D eigenvalue weighted by molar-refractivity contribution is 0.608. The number of nitrogens with one attached hydrogen (secondary N) is 1. The van der Waals surface area contributed by atoms with E-state index in [9.17, 15) is 0 Å². The number of nitrogen functional groups attached to an aromatic ring is 1. The van der Waals surface area contributed by atoms with Crippen molar-refractivity contribution >= 4 is 11.2 Å². The Morgan fingerprint density at radius 1 is 1.57 bits per heavy atom. The van der Waals surface area contributed by atoms with Crippen LogP contribution < -0.4 is 11.1 Å². The zero-order valence-corrected chi connectivity index (χ0v) is 8.36. The molecule has 2 aromatic heterocycles. The molecule has 0 aliphatic carbocycles. The minimum Gasteiger partial charge on any atom is -0.399 e. The first-order valence-electron chi connectivity index (χ1n) is 4.62. The van der Waals surface area contributed by atoms with Gasteiger partial charge in [-0.25, -0.2) is 4.98 Å². The molecule has 0 aliphatic rings. The van der Waals surface area contributed by atoms with Crippen LogP contribution in [0.5, 0.6) is 0 Å². The fraction of sp³-hybridized carbons (Fsp3) is 0.300. The molecule has 0 spiro atoms. The van der Waals surface area contributed by atoms with E-state index in [1.54, 1.807) is 0 Å². The molecule has 2 aromatic rings. The van der Waals surface area contributed by atoms with E-state index in [1.807, 2.05) is 36.0 Å². The lowest BCUT2D eigenvalue weighted by Gasteiger charge is -2.08. The molecule has 0 saturated heterocycles. The van der Waals surface area contributed by atoms with E-state index in [-0.39, 0.29) is 6.04 Å². The zero-order valence-electron chi connectivity index (χ0n) is 8.36. The third kappa shape index (κ3) is 1.33. The normalized spacial score (nSPS) is 13.3. The van der Waals surface area contributed by atoms with Gasteiger partial charge in [0.1, 0.15) is 5.82 Å². The lowest BCUT2D eigenvalue weighted by Crippen LogP contribution is -2.15. The molecule has 0 aliphatic heterocycles. The van der Waals surface area contributed by atoms with Crippen LogP contribution in [0, 0.1) is 0 Å². The monoisotopic (exact) mass is 190 g/mol. The quantitative estimate of drug-likeness (QED) is 0.748. The van der Waals surface area contributed by atoms with Crippen molar-refractivity contribution in [2.45, 2.75) is 13.0 Å². The maximum atomic E-state index is 5.69. The van der Waals surface area contributed by atoms with Crippen molar-refractivity contribution in [2.75, 3.05) is 12.8 Å². The lowest BCUT2D eigenvalue weighted by atomic mass is 10.3. The van der Waals surface area contributed by atoms with E-state index in [1.165, 1.54) is 0 Å². The SMILES string of the molecule is CNC(C)c1ncc2cc(N)ccn12. The topological polar surface area (TPSA) is 55.3 Å². The largest absolute Gasteiger partial charge is 0.399 e. The molecule has 74 valence electrons. The number of hydrogen-bond donors (Lipinski definition) is 2. The van der Waals surface area contributed by atoms with E-state index in [0.717, 1.165) is 17.0 Å². The van der Waals surface area contributed by atoms with Gasteiger partial charge in [-0.15, -0.1) is 0 Å². The van der Waals surface area contributed by atoms with Gasteiger partial charge in [-0.1, -0.05) is 0 Å². The van der Waals surface area contributed by atoms with Gasteiger partial charge in [-0.2, -0.15) is 0 Å². The average molecular weight is 190 g/mol. The Kier molecular flexibility index (Phi) is 2.13. The maximum absolute atomic E-state index is 5.69. The fourth-order valence-corrected chi connectivity index (χ4v) is 1.49. The summed E-state index contributed by atoms with van der Waals surface area (Å²) in [6.07, 6.45) is 3.78. The number of rotatable bonds is 2. The molecule has 1 atom stereocenters. The van der Waals surface area contributed by atoms with Crippen LogP contribution in [0.2, 0.25) is 0 Å². The van der Waals surface area contributed by atoms with E-state index in [0.29, 0.717) is 0 Å². The molecule has 0 bridgehead atoms. The molecule has 0 saturated carbocycles. The zero-order chi connectivity index (χ0) is 10.1. The maximum Gasteiger partial charge on any atom is 0.130 e. The molecule has 0 amide bonds. The molecule has 2 rings (SSSR count). The summed E-state index contributed by atoms with van der Waals surface area (Å²) in [4.78, 5) is 4.35. The summed E-state index contributed by atoms with van der Waals surface area (Å²) in [6.45, 7) is 2.07. The van der Waals surface area contributed by atoms with Gasteiger partial charge in [0.05, 0.1) is 17.8 Å². The van der Waals surface area contributed by atoms with Crippen molar-refractivity contribution in [3.63, 3.8) is 0 Å². The van der Waals surface area contributed by atoms with Crippen LogP contribution >= 0.6 is 0 Å². The van der Waals surface area contributed by atoms with Gasteiger partial charge in [-0.3, -0.25) is 0 Å². The Morgan fingerprint density at radius 2 is 2.36 bits per heavy atom. The molecule has 0 radical (unpaired) electrons. The minimum atomic E-state index is 0.237. The Morgan fingerprint density at radius 3 is 3.07 bits per heavy atom. The first-order chi connectivity index (χ1) is 6.72. The molecule has 1 unspecified atom stereocenters. The number of nitrogens with two attached hydrogens (primary N) is 1. The second-order valence-corrected chi connectivity index (χ2v) is 3.38. The summed E-state index contributed by atoms with van der Waals surface area (Å²) in [7, 11) is 1.92. The standard InChI is InChI=1S/C10H14N4/c1-7(12-2)10-13-6-9-5-8(11)3-4-14(9)10/h3-7,12H,11H2,1-2H3. The minimum absolute atomic E-state index is 0.237. The number of aromatic nitrogens is 2. The Labute approximate surface area is 82.8 Å².